The summed E-state index contributed by atoms with van der Waals surface area (Å²) in [5.74, 6) is -0.312. The van der Waals surface area contributed by atoms with Crippen LogP contribution in [0.4, 0.5) is 10.1 Å². The number of fused-ring (bicyclic) bond motifs is 2. The number of aryl methyl sites for hydroxylation is 1. The summed E-state index contributed by atoms with van der Waals surface area (Å²) >= 11 is 1.63. The number of amides is 1. The lowest BCUT2D eigenvalue weighted by Crippen LogP contribution is -2.09. The molecule has 0 aromatic carbocycles. The van der Waals surface area contributed by atoms with Crippen LogP contribution in [0.5, 0.6) is 0 Å². The van der Waals surface area contributed by atoms with Crippen LogP contribution in [-0.2, 0) is 4.79 Å². The van der Waals surface area contributed by atoms with Crippen LogP contribution in [0, 0.1) is 12.7 Å². The summed E-state index contributed by atoms with van der Waals surface area (Å²) in [6.07, 6.45) is 6.57. The van der Waals surface area contributed by atoms with E-state index in [9.17, 15) is 4.79 Å². The molecular weight excluding hydrogens is 479 g/mol. The summed E-state index contributed by atoms with van der Waals surface area (Å²) in [5.41, 5.74) is 3.97. The number of anilines is 1. The van der Waals surface area contributed by atoms with Crippen molar-refractivity contribution in [3.8, 4) is 33.3 Å². The molecule has 0 saturated carbocycles. The number of imidazole rings is 1. The number of carbonyl (C=O) groups is 1. The maximum Gasteiger partial charge on any atom is 0.224 e. The molecule has 0 aliphatic carbocycles. The van der Waals surface area contributed by atoms with Crippen molar-refractivity contribution in [2.45, 2.75) is 20.3 Å². The quantitative estimate of drug-likeness (QED) is 0.289. The van der Waals surface area contributed by atoms with Crippen molar-refractivity contribution in [2.75, 3.05) is 5.32 Å². The predicted molar refractivity (Wildman–Crippen MR) is 137 cm³/mol. The molecule has 0 aliphatic rings. The standard InChI is InChI=1S/C25H19FN8OS/c1-3-18(35)30-14-8-13(9-27-10-14)21-20(26)19-16(11-29-21)33-34-24(19)25-31-15-6-7-28-23(22(15)32-25)17-5-4-12(2)36-17/h4-11H,3H2,1-2H3,(H,30,35)(H,31,32)(H,33,34). The Hall–Kier alpha value is -4.51. The molecule has 6 rings (SSSR count). The Morgan fingerprint density at radius 2 is 1.97 bits per heavy atom. The van der Waals surface area contributed by atoms with Crippen molar-refractivity contribution in [3.05, 3.63) is 59.7 Å². The van der Waals surface area contributed by atoms with E-state index in [1.807, 2.05) is 25.1 Å². The number of rotatable bonds is 5. The van der Waals surface area contributed by atoms with E-state index >= 15 is 4.39 Å². The highest BCUT2D eigenvalue weighted by molar-refractivity contribution is 7.15. The highest BCUT2D eigenvalue weighted by Gasteiger charge is 2.22. The largest absolute Gasteiger partial charge is 0.336 e. The number of aromatic nitrogens is 7. The van der Waals surface area contributed by atoms with Crippen LogP contribution in [0.2, 0.25) is 0 Å². The van der Waals surface area contributed by atoms with Gasteiger partial charge in [-0.1, -0.05) is 6.92 Å². The van der Waals surface area contributed by atoms with E-state index in [2.05, 4.69) is 35.5 Å². The third kappa shape index (κ3) is 3.69. The Morgan fingerprint density at radius 1 is 1.08 bits per heavy atom. The fraction of sp³-hybridized carbons (Fsp3) is 0.120. The molecule has 0 spiro atoms. The number of aromatic amines is 2. The molecule has 3 N–H and O–H groups in total. The molecule has 0 radical (unpaired) electrons. The van der Waals surface area contributed by atoms with Gasteiger partial charge in [0.05, 0.1) is 39.4 Å². The second-order valence-corrected chi connectivity index (χ2v) is 9.49. The van der Waals surface area contributed by atoms with E-state index in [0.29, 0.717) is 40.2 Å². The van der Waals surface area contributed by atoms with Crippen LogP contribution >= 0.6 is 11.3 Å². The number of H-pyrrole nitrogens is 2. The van der Waals surface area contributed by atoms with Crippen molar-refractivity contribution in [2.24, 2.45) is 0 Å². The maximum atomic E-state index is 15.9. The number of hydrogen-bond donors (Lipinski definition) is 3. The summed E-state index contributed by atoms with van der Waals surface area (Å²) in [5, 5.41) is 10.2. The normalized spacial score (nSPS) is 11.4. The van der Waals surface area contributed by atoms with E-state index < -0.39 is 5.82 Å². The Balaban J connectivity index is 1.47. The SMILES string of the molecule is CCC(=O)Nc1cncc(-c2ncc3[nH]nc(-c4nc5c(-c6ccc(C)s6)nccc5[nH]4)c3c2F)c1. The van der Waals surface area contributed by atoms with Gasteiger partial charge in [-0.15, -0.1) is 11.3 Å². The predicted octanol–water partition coefficient (Wildman–Crippen LogP) is 5.48. The third-order valence-corrected chi connectivity index (χ3v) is 6.77. The van der Waals surface area contributed by atoms with E-state index in [0.717, 1.165) is 16.1 Å². The zero-order valence-corrected chi connectivity index (χ0v) is 20.1. The van der Waals surface area contributed by atoms with Gasteiger partial charge < -0.3 is 10.3 Å². The highest BCUT2D eigenvalue weighted by atomic mass is 32.1. The fourth-order valence-corrected chi connectivity index (χ4v) is 4.89. The number of nitrogens with zero attached hydrogens (tertiary/aromatic N) is 5. The smallest absolute Gasteiger partial charge is 0.224 e. The molecule has 36 heavy (non-hydrogen) atoms. The molecule has 1 amide bonds. The number of pyridine rings is 3. The number of thiophene rings is 1. The zero-order chi connectivity index (χ0) is 24.8. The minimum Gasteiger partial charge on any atom is -0.336 e. The van der Waals surface area contributed by atoms with Gasteiger partial charge in [0.1, 0.15) is 22.6 Å². The van der Waals surface area contributed by atoms with E-state index in [-0.39, 0.29) is 17.0 Å². The third-order valence-electron chi connectivity index (χ3n) is 5.76. The molecule has 0 aliphatic heterocycles. The second kappa shape index (κ2) is 8.61. The van der Waals surface area contributed by atoms with Crippen LogP contribution in [0.3, 0.4) is 0 Å². The van der Waals surface area contributed by atoms with E-state index in [4.69, 9.17) is 4.98 Å². The average Bonchev–Trinajstić information content (AvgIpc) is 3.62. The summed E-state index contributed by atoms with van der Waals surface area (Å²) in [6.45, 7) is 3.79. The van der Waals surface area contributed by atoms with E-state index in [1.165, 1.54) is 23.5 Å². The molecule has 0 saturated heterocycles. The van der Waals surface area contributed by atoms with Gasteiger partial charge in [0.2, 0.25) is 5.91 Å². The van der Waals surface area contributed by atoms with Gasteiger partial charge in [-0.25, -0.2) is 9.37 Å². The first-order chi connectivity index (χ1) is 17.5. The first kappa shape index (κ1) is 22.0. The minimum atomic E-state index is -0.565. The van der Waals surface area contributed by atoms with Crippen LogP contribution in [-0.4, -0.2) is 41.0 Å². The number of hydrogen-bond acceptors (Lipinski definition) is 7. The Labute approximate surface area is 207 Å². The van der Waals surface area contributed by atoms with Gasteiger partial charge in [0.15, 0.2) is 11.6 Å². The summed E-state index contributed by atoms with van der Waals surface area (Å²) < 4.78 is 15.9. The number of carbonyl (C=O) groups excluding carboxylic acids is 1. The molecule has 6 aromatic rings. The maximum absolute atomic E-state index is 15.9. The summed E-state index contributed by atoms with van der Waals surface area (Å²) in [6, 6.07) is 7.52. The molecular formula is C25H19FN8OS. The minimum absolute atomic E-state index is 0.0952. The first-order valence-corrected chi connectivity index (χ1v) is 12.0. The lowest BCUT2D eigenvalue weighted by molar-refractivity contribution is -0.115. The summed E-state index contributed by atoms with van der Waals surface area (Å²) in [4.78, 5) is 34.9. The second-order valence-electron chi connectivity index (χ2n) is 8.20. The van der Waals surface area contributed by atoms with Crippen molar-refractivity contribution in [3.63, 3.8) is 0 Å². The first-order valence-electron chi connectivity index (χ1n) is 11.2. The van der Waals surface area contributed by atoms with Gasteiger partial charge in [0.25, 0.3) is 0 Å². The summed E-state index contributed by atoms with van der Waals surface area (Å²) in [7, 11) is 0. The lowest BCUT2D eigenvalue weighted by atomic mass is 10.1. The van der Waals surface area contributed by atoms with Crippen molar-refractivity contribution < 1.29 is 9.18 Å². The van der Waals surface area contributed by atoms with Crippen LogP contribution in [0.25, 0.3) is 55.3 Å². The average molecular weight is 499 g/mol. The fourth-order valence-electron chi connectivity index (χ4n) is 4.02. The van der Waals surface area contributed by atoms with Gasteiger partial charge >= 0.3 is 0 Å². The molecule has 0 bridgehead atoms. The topological polar surface area (TPSA) is 125 Å². The number of nitrogens with one attached hydrogen (secondary N) is 3. The van der Waals surface area contributed by atoms with Crippen LogP contribution < -0.4 is 5.32 Å². The van der Waals surface area contributed by atoms with E-state index in [1.54, 1.807) is 30.5 Å². The van der Waals surface area contributed by atoms with Gasteiger partial charge in [-0.3, -0.25) is 24.8 Å². The Kier molecular flexibility index (Phi) is 5.26. The van der Waals surface area contributed by atoms with Crippen LogP contribution in [0.1, 0.15) is 18.2 Å². The molecule has 9 nitrogen and oxygen atoms in total. The van der Waals surface area contributed by atoms with Crippen LogP contribution in [0.15, 0.2) is 49.1 Å². The lowest BCUT2D eigenvalue weighted by Gasteiger charge is -2.07. The van der Waals surface area contributed by atoms with Crippen molar-refractivity contribution >= 4 is 44.9 Å². The van der Waals surface area contributed by atoms with Crippen molar-refractivity contribution in [1.29, 1.82) is 0 Å². The highest BCUT2D eigenvalue weighted by Crippen LogP contribution is 2.35. The molecule has 0 unspecified atom stereocenters. The monoisotopic (exact) mass is 498 g/mol. The van der Waals surface area contributed by atoms with Crippen molar-refractivity contribution in [1.82, 2.24) is 35.1 Å². The van der Waals surface area contributed by atoms with Gasteiger partial charge in [-0.2, -0.15) is 5.10 Å². The molecule has 6 aromatic heterocycles. The Morgan fingerprint density at radius 3 is 2.78 bits per heavy atom. The molecule has 11 heteroatoms. The molecule has 178 valence electrons. The molecule has 0 atom stereocenters. The Bertz CT molecular complexity index is 1770. The van der Waals surface area contributed by atoms with Gasteiger partial charge in [-0.05, 0) is 31.2 Å². The molecule has 0 fully saturated rings. The molecule has 6 heterocycles. The zero-order valence-electron chi connectivity index (χ0n) is 19.3. The number of halogens is 1. The van der Waals surface area contributed by atoms with Gasteiger partial charge in [0, 0.05) is 29.3 Å².